The average molecular weight is 263 g/mol. The smallest absolute Gasteiger partial charge is 0.124 e. The zero-order valence-electron chi connectivity index (χ0n) is 10.7. The van der Waals surface area contributed by atoms with Gasteiger partial charge in [0.25, 0.3) is 0 Å². The molecule has 2 rings (SSSR count). The molecule has 0 spiro atoms. The molecule has 0 saturated heterocycles. The molecule has 96 valence electrons. The first-order valence-corrected chi connectivity index (χ1v) is 6.55. The van der Waals surface area contributed by atoms with E-state index in [1.807, 2.05) is 12.3 Å². The fraction of sp³-hybridized carbons (Fsp3) is 0.308. The van der Waals surface area contributed by atoms with Crippen molar-refractivity contribution in [3.8, 4) is 5.75 Å². The Labute approximate surface area is 111 Å². The van der Waals surface area contributed by atoms with E-state index in [1.54, 1.807) is 24.0 Å². The Morgan fingerprint density at radius 1 is 1.39 bits per heavy atom. The van der Waals surface area contributed by atoms with Crippen LogP contribution in [0.1, 0.15) is 27.6 Å². The molecule has 0 aliphatic rings. The number of hydrazine groups is 1. The summed E-state index contributed by atoms with van der Waals surface area (Å²) < 4.78 is 5.48. The van der Waals surface area contributed by atoms with Gasteiger partial charge in [0.2, 0.25) is 0 Å². The lowest BCUT2D eigenvalue weighted by Gasteiger charge is -2.20. The molecular weight excluding hydrogens is 246 g/mol. The number of nitrogens with two attached hydrogens (primary N) is 1. The summed E-state index contributed by atoms with van der Waals surface area (Å²) in [6, 6.07) is 4.06. The van der Waals surface area contributed by atoms with Crippen LogP contribution in [-0.4, -0.2) is 12.1 Å². The van der Waals surface area contributed by atoms with Gasteiger partial charge in [-0.25, -0.2) is 5.43 Å². The minimum atomic E-state index is -0.0898. The number of thiazole rings is 1. The lowest BCUT2D eigenvalue weighted by atomic mass is 9.97. The molecule has 0 saturated carbocycles. The van der Waals surface area contributed by atoms with Crippen LogP contribution in [0.4, 0.5) is 0 Å². The van der Waals surface area contributed by atoms with Gasteiger partial charge in [0.15, 0.2) is 0 Å². The molecule has 0 aliphatic carbocycles. The van der Waals surface area contributed by atoms with Crippen LogP contribution < -0.4 is 16.0 Å². The normalized spacial score (nSPS) is 12.4. The van der Waals surface area contributed by atoms with Crippen molar-refractivity contribution in [2.45, 2.75) is 19.9 Å². The molecule has 18 heavy (non-hydrogen) atoms. The lowest BCUT2D eigenvalue weighted by Crippen LogP contribution is -2.29. The molecule has 3 N–H and O–H groups in total. The highest BCUT2D eigenvalue weighted by atomic mass is 32.1. The monoisotopic (exact) mass is 263 g/mol. The molecule has 1 atom stereocenters. The Morgan fingerprint density at radius 3 is 2.72 bits per heavy atom. The molecule has 1 heterocycles. The number of methoxy groups -OCH3 is 1. The summed E-state index contributed by atoms with van der Waals surface area (Å²) in [7, 11) is 1.68. The topological polar surface area (TPSA) is 60.2 Å². The second kappa shape index (κ2) is 5.48. The number of nitrogens with zero attached hydrogens (tertiary/aromatic N) is 1. The van der Waals surface area contributed by atoms with Crippen LogP contribution in [0.3, 0.4) is 0 Å². The third kappa shape index (κ3) is 2.38. The van der Waals surface area contributed by atoms with Crippen molar-refractivity contribution in [1.29, 1.82) is 0 Å². The number of rotatable bonds is 4. The van der Waals surface area contributed by atoms with Crippen LogP contribution in [0, 0.1) is 13.8 Å². The molecule has 0 bridgehead atoms. The number of nitrogens with one attached hydrogen (secondary N) is 1. The van der Waals surface area contributed by atoms with Gasteiger partial charge in [0, 0.05) is 16.6 Å². The highest BCUT2D eigenvalue weighted by molar-refractivity contribution is 7.09. The first-order valence-electron chi connectivity index (χ1n) is 5.67. The molecule has 0 fully saturated rings. The number of aryl methyl sites for hydroxylation is 2. The maximum absolute atomic E-state index is 5.70. The van der Waals surface area contributed by atoms with E-state index in [4.69, 9.17) is 10.6 Å². The van der Waals surface area contributed by atoms with Gasteiger partial charge in [-0.2, -0.15) is 0 Å². The summed E-state index contributed by atoms with van der Waals surface area (Å²) in [5.74, 6) is 6.55. The van der Waals surface area contributed by atoms with E-state index in [0.717, 1.165) is 21.8 Å². The van der Waals surface area contributed by atoms with E-state index in [9.17, 15) is 0 Å². The third-order valence-corrected chi connectivity index (χ3v) is 3.74. The molecule has 4 nitrogen and oxygen atoms in total. The van der Waals surface area contributed by atoms with Crippen molar-refractivity contribution >= 4 is 11.3 Å². The van der Waals surface area contributed by atoms with E-state index in [-0.39, 0.29) is 6.04 Å². The number of hydrogen-bond donors (Lipinski definition) is 2. The van der Waals surface area contributed by atoms with Crippen molar-refractivity contribution in [3.63, 3.8) is 0 Å². The number of hydrogen-bond acceptors (Lipinski definition) is 5. The van der Waals surface area contributed by atoms with Crippen molar-refractivity contribution in [3.05, 3.63) is 45.4 Å². The largest absolute Gasteiger partial charge is 0.496 e. The SMILES string of the molecule is COc1cc(C)cc(C)c1C(NN)c1cncs1. The van der Waals surface area contributed by atoms with Crippen molar-refractivity contribution in [2.24, 2.45) is 5.84 Å². The van der Waals surface area contributed by atoms with E-state index < -0.39 is 0 Å². The number of benzene rings is 1. The van der Waals surface area contributed by atoms with Gasteiger partial charge in [-0.15, -0.1) is 11.3 Å². The van der Waals surface area contributed by atoms with Crippen LogP contribution >= 0.6 is 11.3 Å². The van der Waals surface area contributed by atoms with Crippen molar-refractivity contribution < 1.29 is 4.74 Å². The van der Waals surface area contributed by atoms with Gasteiger partial charge in [-0.3, -0.25) is 10.8 Å². The lowest BCUT2D eigenvalue weighted by molar-refractivity contribution is 0.403. The average Bonchev–Trinajstić information content (AvgIpc) is 2.85. The van der Waals surface area contributed by atoms with Crippen LogP contribution in [0.2, 0.25) is 0 Å². The maximum atomic E-state index is 5.70. The summed E-state index contributed by atoms with van der Waals surface area (Å²) >= 11 is 1.57. The highest BCUT2D eigenvalue weighted by Gasteiger charge is 2.20. The van der Waals surface area contributed by atoms with Crippen LogP contribution in [-0.2, 0) is 0 Å². The Balaban J connectivity index is 2.55. The molecular formula is C13H17N3OS. The van der Waals surface area contributed by atoms with Gasteiger partial charge in [-0.05, 0) is 31.0 Å². The molecule has 5 heteroatoms. The molecule has 0 radical (unpaired) electrons. The van der Waals surface area contributed by atoms with Crippen LogP contribution in [0.25, 0.3) is 0 Å². The summed E-state index contributed by atoms with van der Waals surface area (Å²) in [6.07, 6.45) is 1.83. The summed E-state index contributed by atoms with van der Waals surface area (Å²) in [6.45, 7) is 4.12. The first kappa shape index (κ1) is 13.0. The molecule has 1 unspecified atom stereocenters. The van der Waals surface area contributed by atoms with Gasteiger partial charge in [-0.1, -0.05) is 6.07 Å². The number of ether oxygens (including phenoxy) is 1. The first-order chi connectivity index (χ1) is 8.67. The van der Waals surface area contributed by atoms with Crippen molar-refractivity contribution in [2.75, 3.05) is 7.11 Å². The van der Waals surface area contributed by atoms with Crippen LogP contribution in [0.5, 0.6) is 5.75 Å². The van der Waals surface area contributed by atoms with E-state index >= 15 is 0 Å². The predicted octanol–water partition coefficient (Wildman–Crippen LogP) is 2.32. The molecule has 0 amide bonds. The minimum absolute atomic E-state index is 0.0898. The highest BCUT2D eigenvalue weighted by Crippen LogP contribution is 2.34. The molecule has 1 aromatic heterocycles. The summed E-state index contributed by atoms with van der Waals surface area (Å²) in [5, 5.41) is 0. The Morgan fingerprint density at radius 2 is 2.17 bits per heavy atom. The fourth-order valence-corrected chi connectivity index (χ4v) is 2.84. The molecule has 1 aromatic carbocycles. The number of aromatic nitrogens is 1. The second-order valence-corrected chi connectivity index (χ2v) is 5.12. The Kier molecular flexibility index (Phi) is 3.96. The third-order valence-electron chi connectivity index (χ3n) is 2.90. The minimum Gasteiger partial charge on any atom is -0.496 e. The Hall–Kier alpha value is -1.43. The van der Waals surface area contributed by atoms with Crippen LogP contribution in [0.15, 0.2) is 23.8 Å². The zero-order chi connectivity index (χ0) is 13.1. The van der Waals surface area contributed by atoms with Gasteiger partial charge in [0.05, 0.1) is 18.7 Å². The van der Waals surface area contributed by atoms with Gasteiger partial charge >= 0.3 is 0 Å². The summed E-state index contributed by atoms with van der Waals surface area (Å²) in [4.78, 5) is 5.17. The maximum Gasteiger partial charge on any atom is 0.124 e. The van der Waals surface area contributed by atoms with E-state index in [2.05, 4.69) is 30.3 Å². The second-order valence-electron chi connectivity index (χ2n) is 4.20. The van der Waals surface area contributed by atoms with Crippen molar-refractivity contribution in [1.82, 2.24) is 10.4 Å². The van der Waals surface area contributed by atoms with Gasteiger partial charge in [0.1, 0.15) is 5.75 Å². The quantitative estimate of drug-likeness (QED) is 0.656. The fourth-order valence-electron chi connectivity index (χ4n) is 2.15. The van der Waals surface area contributed by atoms with E-state index in [1.165, 1.54) is 5.56 Å². The zero-order valence-corrected chi connectivity index (χ0v) is 11.5. The Bertz CT molecular complexity index is 525. The molecule has 2 aromatic rings. The standard InChI is InChI=1S/C13H17N3OS/c1-8-4-9(2)12(10(5-8)17-3)13(16-14)11-6-15-7-18-11/h4-7,13,16H,14H2,1-3H3. The van der Waals surface area contributed by atoms with E-state index in [0.29, 0.717) is 0 Å². The molecule has 0 aliphatic heterocycles. The predicted molar refractivity (Wildman–Crippen MR) is 73.7 cm³/mol. The summed E-state index contributed by atoms with van der Waals surface area (Å²) in [5.41, 5.74) is 8.04. The van der Waals surface area contributed by atoms with Gasteiger partial charge < -0.3 is 4.74 Å².